The maximum atomic E-state index is 12.5. The van der Waals surface area contributed by atoms with Gasteiger partial charge in [0.1, 0.15) is 19.8 Å². The van der Waals surface area contributed by atoms with Crippen molar-refractivity contribution in [3.05, 3.63) is 83.9 Å². The van der Waals surface area contributed by atoms with E-state index in [1.165, 1.54) is 0 Å². The molecule has 1 atom stereocenters. The summed E-state index contributed by atoms with van der Waals surface area (Å²) in [5.74, 6) is -0.769. The second-order valence-corrected chi connectivity index (χ2v) is 6.93. The van der Waals surface area contributed by atoms with E-state index in [2.05, 4.69) is 5.32 Å². The maximum Gasteiger partial charge on any atom is 0.508 e. The molecule has 0 bridgehead atoms. The minimum atomic E-state index is -1.26. The summed E-state index contributed by atoms with van der Waals surface area (Å²) in [5, 5.41) is 2.38. The van der Waals surface area contributed by atoms with Gasteiger partial charge >= 0.3 is 18.2 Å². The van der Waals surface area contributed by atoms with Gasteiger partial charge in [0.05, 0.1) is 6.61 Å². The van der Waals surface area contributed by atoms with Crippen molar-refractivity contribution >= 4 is 18.2 Å². The van der Waals surface area contributed by atoms with Gasteiger partial charge in [0.25, 0.3) is 0 Å². The SMILES string of the molecule is CCC=CCCOC(=O)OCC(NC(=O)OCc1ccccc1)C(=O)OCc1ccccc1. The molecule has 0 heterocycles. The van der Waals surface area contributed by atoms with Crippen LogP contribution in [0.15, 0.2) is 72.8 Å². The normalized spacial score (nSPS) is 11.4. The first-order valence-corrected chi connectivity index (χ1v) is 10.7. The number of ether oxygens (including phenoxy) is 4. The number of hydrogen-bond acceptors (Lipinski definition) is 7. The van der Waals surface area contributed by atoms with Gasteiger partial charge in [0.15, 0.2) is 6.04 Å². The predicted molar refractivity (Wildman–Crippen MR) is 121 cm³/mol. The van der Waals surface area contributed by atoms with Crippen LogP contribution in [0, 0.1) is 0 Å². The molecule has 0 spiro atoms. The Morgan fingerprint density at radius 1 is 0.818 bits per heavy atom. The van der Waals surface area contributed by atoms with Crippen molar-refractivity contribution in [3.63, 3.8) is 0 Å². The third kappa shape index (κ3) is 10.9. The van der Waals surface area contributed by atoms with Crippen molar-refractivity contribution in [3.8, 4) is 0 Å². The standard InChI is InChI=1S/C25H29NO7/c1-2-3-4-11-16-30-25(29)33-19-22(23(27)31-17-20-12-7-5-8-13-20)26-24(28)32-18-21-14-9-6-10-15-21/h3-10,12-15,22H,2,11,16-19H2,1H3,(H,26,28). The third-order valence-electron chi connectivity index (χ3n) is 4.29. The van der Waals surface area contributed by atoms with Crippen molar-refractivity contribution in [1.82, 2.24) is 5.32 Å². The molecular formula is C25H29NO7. The van der Waals surface area contributed by atoms with Crippen LogP contribution in [0.1, 0.15) is 30.9 Å². The molecule has 8 nitrogen and oxygen atoms in total. The Morgan fingerprint density at radius 2 is 1.42 bits per heavy atom. The Morgan fingerprint density at radius 3 is 2.03 bits per heavy atom. The molecule has 0 aliphatic heterocycles. The lowest BCUT2D eigenvalue weighted by atomic mass is 10.2. The van der Waals surface area contributed by atoms with Gasteiger partial charge in [-0.25, -0.2) is 14.4 Å². The highest BCUT2D eigenvalue weighted by Gasteiger charge is 2.25. The lowest BCUT2D eigenvalue weighted by Crippen LogP contribution is -2.45. The Labute approximate surface area is 193 Å². The molecule has 2 aromatic rings. The summed E-state index contributed by atoms with van der Waals surface area (Å²) < 4.78 is 20.3. The molecule has 33 heavy (non-hydrogen) atoms. The molecule has 0 fully saturated rings. The minimum Gasteiger partial charge on any atom is -0.459 e. The molecule has 0 saturated carbocycles. The number of hydrogen-bond donors (Lipinski definition) is 1. The number of allylic oxidation sites excluding steroid dienone is 1. The lowest BCUT2D eigenvalue weighted by molar-refractivity contribution is -0.148. The molecule has 1 amide bonds. The van der Waals surface area contributed by atoms with Gasteiger partial charge in [-0.05, 0) is 24.0 Å². The molecule has 1 N–H and O–H groups in total. The van der Waals surface area contributed by atoms with Crippen LogP contribution in [0.3, 0.4) is 0 Å². The average Bonchev–Trinajstić information content (AvgIpc) is 2.85. The van der Waals surface area contributed by atoms with Crippen LogP contribution in [-0.4, -0.2) is 37.5 Å². The molecule has 0 saturated heterocycles. The van der Waals surface area contributed by atoms with E-state index in [1.807, 2.05) is 55.5 Å². The molecule has 0 aliphatic rings. The topological polar surface area (TPSA) is 100 Å². The van der Waals surface area contributed by atoms with E-state index in [1.54, 1.807) is 24.3 Å². The summed E-state index contributed by atoms with van der Waals surface area (Å²) in [6.45, 7) is 1.71. The third-order valence-corrected chi connectivity index (χ3v) is 4.29. The first-order chi connectivity index (χ1) is 16.1. The lowest BCUT2D eigenvalue weighted by Gasteiger charge is -2.17. The molecule has 2 rings (SSSR count). The fraction of sp³-hybridized carbons (Fsp3) is 0.320. The predicted octanol–water partition coefficient (Wildman–Crippen LogP) is 4.53. The van der Waals surface area contributed by atoms with Gasteiger partial charge in [0, 0.05) is 0 Å². The molecule has 8 heteroatoms. The number of benzene rings is 2. The average molecular weight is 456 g/mol. The van der Waals surface area contributed by atoms with Crippen LogP contribution >= 0.6 is 0 Å². The van der Waals surface area contributed by atoms with Crippen molar-refractivity contribution in [1.29, 1.82) is 0 Å². The second-order valence-electron chi connectivity index (χ2n) is 6.93. The van der Waals surface area contributed by atoms with Crippen molar-refractivity contribution in [2.45, 2.75) is 39.0 Å². The zero-order valence-corrected chi connectivity index (χ0v) is 18.6. The Bertz CT molecular complexity index is 884. The van der Waals surface area contributed by atoms with Crippen molar-refractivity contribution in [2.75, 3.05) is 13.2 Å². The second kappa shape index (κ2) is 15.1. The largest absolute Gasteiger partial charge is 0.508 e. The van der Waals surface area contributed by atoms with E-state index in [0.29, 0.717) is 6.42 Å². The molecule has 176 valence electrons. The first kappa shape index (κ1) is 25.5. The number of carbonyl (C=O) groups excluding carboxylic acids is 3. The Balaban J connectivity index is 1.87. The number of alkyl carbamates (subject to hydrolysis) is 1. The number of rotatable bonds is 12. The van der Waals surface area contributed by atoms with Crippen LogP contribution in [0.25, 0.3) is 0 Å². The van der Waals surface area contributed by atoms with Crippen LogP contribution in [0.4, 0.5) is 9.59 Å². The highest BCUT2D eigenvalue weighted by molar-refractivity contribution is 5.81. The van der Waals surface area contributed by atoms with E-state index in [0.717, 1.165) is 17.5 Å². The molecule has 0 aromatic heterocycles. The summed E-state index contributed by atoms with van der Waals surface area (Å²) in [7, 11) is 0. The molecule has 2 aromatic carbocycles. The Hall–Kier alpha value is -3.81. The summed E-state index contributed by atoms with van der Waals surface area (Å²) in [5.41, 5.74) is 1.56. The van der Waals surface area contributed by atoms with Crippen LogP contribution < -0.4 is 5.32 Å². The van der Waals surface area contributed by atoms with E-state index >= 15 is 0 Å². The summed E-state index contributed by atoms with van der Waals surface area (Å²) in [6, 6.07) is 16.9. The fourth-order valence-corrected chi connectivity index (χ4v) is 2.59. The van der Waals surface area contributed by atoms with Gasteiger partial charge in [0.2, 0.25) is 0 Å². The molecule has 0 aliphatic carbocycles. The Kier molecular flexibility index (Phi) is 11.6. The molecule has 1 unspecified atom stereocenters. The maximum absolute atomic E-state index is 12.5. The number of nitrogens with one attached hydrogen (secondary N) is 1. The van der Waals surface area contributed by atoms with Gasteiger partial charge in [-0.2, -0.15) is 0 Å². The molecular weight excluding hydrogens is 426 g/mol. The highest BCUT2D eigenvalue weighted by Crippen LogP contribution is 2.05. The van der Waals surface area contributed by atoms with Crippen molar-refractivity contribution < 1.29 is 33.3 Å². The zero-order chi connectivity index (χ0) is 23.7. The van der Waals surface area contributed by atoms with E-state index < -0.39 is 30.9 Å². The van der Waals surface area contributed by atoms with E-state index in [4.69, 9.17) is 18.9 Å². The van der Waals surface area contributed by atoms with Gasteiger partial charge < -0.3 is 24.3 Å². The number of carbonyl (C=O) groups is 3. The quantitative estimate of drug-likeness (QED) is 0.217. The van der Waals surface area contributed by atoms with E-state index in [9.17, 15) is 14.4 Å². The van der Waals surface area contributed by atoms with Gasteiger partial charge in [-0.3, -0.25) is 0 Å². The van der Waals surface area contributed by atoms with Crippen LogP contribution in [-0.2, 0) is 37.0 Å². The fourth-order valence-electron chi connectivity index (χ4n) is 2.59. The van der Waals surface area contributed by atoms with Crippen molar-refractivity contribution in [2.24, 2.45) is 0 Å². The minimum absolute atomic E-state index is 0.00509. The summed E-state index contributed by atoms with van der Waals surface area (Å²) in [4.78, 5) is 36.6. The smallest absolute Gasteiger partial charge is 0.459 e. The van der Waals surface area contributed by atoms with Gasteiger partial charge in [-0.15, -0.1) is 0 Å². The zero-order valence-electron chi connectivity index (χ0n) is 18.6. The highest BCUT2D eigenvalue weighted by atomic mass is 16.7. The first-order valence-electron chi connectivity index (χ1n) is 10.7. The van der Waals surface area contributed by atoms with Gasteiger partial charge in [-0.1, -0.05) is 79.7 Å². The summed E-state index contributed by atoms with van der Waals surface area (Å²) in [6.07, 6.45) is 3.50. The number of amides is 1. The number of esters is 1. The van der Waals surface area contributed by atoms with E-state index in [-0.39, 0.29) is 19.8 Å². The molecule has 0 radical (unpaired) electrons. The monoisotopic (exact) mass is 455 g/mol. The van der Waals surface area contributed by atoms with Crippen LogP contribution in [0.2, 0.25) is 0 Å². The van der Waals surface area contributed by atoms with Crippen LogP contribution in [0.5, 0.6) is 0 Å². The summed E-state index contributed by atoms with van der Waals surface area (Å²) >= 11 is 0.